The van der Waals surface area contributed by atoms with Crippen LogP contribution in [0.15, 0.2) is 54.9 Å². The number of aliphatic hydroxyl groups is 1. The predicted molar refractivity (Wildman–Crippen MR) is 90.3 cm³/mol. The maximum absolute atomic E-state index is 9.07. The SMILES string of the molecule is OCc1cnn(-c2ccc(COc3c(Cl)cccc3Cl)cc2)c1. The predicted octanol–water partition coefficient (Wildman–Crippen LogP) is 4.25. The summed E-state index contributed by atoms with van der Waals surface area (Å²) in [4.78, 5) is 0. The van der Waals surface area contributed by atoms with Gasteiger partial charge < -0.3 is 9.84 Å². The molecule has 2 aromatic carbocycles. The Hall–Kier alpha value is -2.01. The zero-order chi connectivity index (χ0) is 16.2. The first kappa shape index (κ1) is 15.9. The summed E-state index contributed by atoms with van der Waals surface area (Å²) in [6.45, 7) is 0.343. The molecule has 0 aliphatic carbocycles. The maximum atomic E-state index is 9.07. The minimum atomic E-state index is -0.0233. The van der Waals surface area contributed by atoms with E-state index >= 15 is 0 Å². The van der Waals surface area contributed by atoms with Crippen LogP contribution in [-0.4, -0.2) is 14.9 Å². The number of halogens is 2. The van der Waals surface area contributed by atoms with Crippen LogP contribution in [-0.2, 0) is 13.2 Å². The number of nitrogens with zero attached hydrogens (tertiary/aromatic N) is 2. The standard InChI is InChI=1S/C17H14Cl2N2O2/c18-15-2-1-3-16(19)17(15)23-11-12-4-6-14(7-5-12)21-9-13(10-22)8-20-21/h1-9,22H,10-11H2. The topological polar surface area (TPSA) is 47.3 Å². The molecule has 0 atom stereocenters. The fourth-order valence-corrected chi connectivity index (χ4v) is 2.61. The molecule has 6 heteroatoms. The molecular formula is C17H14Cl2N2O2. The van der Waals surface area contributed by atoms with Gasteiger partial charge in [-0.3, -0.25) is 0 Å². The highest BCUT2D eigenvalue weighted by molar-refractivity contribution is 6.37. The van der Waals surface area contributed by atoms with Crippen LogP contribution >= 0.6 is 23.2 Å². The first-order chi connectivity index (χ1) is 11.2. The van der Waals surface area contributed by atoms with E-state index in [1.807, 2.05) is 24.3 Å². The number of hydrogen-bond acceptors (Lipinski definition) is 3. The molecule has 1 aromatic heterocycles. The fourth-order valence-electron chi connectivity index (χ4n) is 2.10. The van der Waals surface area contributed by atoms with Crippen LogP contribution in [0.1, 0.15) is 11.1 Å². The Balaban J connectivity index is 1.70. The van der Waals surface area contributed by atoms with Gasteiger partial charge in [-0.1, -0.05) is 41.4 Å². The van der Waals surface area contributed by atoms with E-state index < -0.39 is 0 Å². The van der Waals surface area contributed by atoms with Crippen LogP contribution in [0.2, 0.25) is 10.0 Å². The smallest absolute Gasteiger partial charge is 0.156 e. The summed E-state index contributed by atoms with van der Waals surface area (Å²) >= 11 is 12.2. The van der Waals surface area contributed by atoms with Crippen molar-refractivity contribution in [2.75, 3.05) is 0 Å². The molecule has 0 aliphatic rings. The first-order valence-corrected chi connectivity index (χ1v) is 7.73. The zero-order valence-electron chi connectivity index (χ0n) is 12.1. The Kier molecular flexibility index (Phi) is 4.86. The van der Waals surface area contributed by atoms with Crippen LogP contribution in [0.4, 0.5) is 0 Å². The highest BCUT2D eigenvalue weighted by atomic mass is 35.5. The average molecular weight is 349 g/mol. The van der Waals surface area contributed by atoms with Gasteiger partial charge in [0, 0.05) is 11.8 Å². The van der Waals surface area contributed by atoms with Crippen molar-refractivity contribution in [3.05, 3.63) is 76.0 Å². The third kappa shape index (κ3) is 3.67. The summed E-state index contributed by atoms with van der Waals surface area (Å²) in [5.74, 6) is 0.486. The fraction of sp³-hybridized carbons (Fsp3) is 0.118. The second-order valence-corrected chi connectivity index (χ2v) is 5.77. The number of hydrogen-bond donors (Lipinski definition) is 1. The van der Waals surface area contributed by atoms with Gasteiger partial charge in [-0.25, -0.2) is 4.68 Å². The Bertz CT molecular complexity index is 780. The molecule has 0 bridgehead atoms. The summed E-state index contributed by atoms with van der Waals surface area (Å²) in [6.07, 6.45) is 3.42. The molecule has 4 nitrogen and oxygen atoms in total. The second kappa shape index (κ2) is 7.04. The molecule has 0 saturated carbocycles. The summed E-state index contributed by atoms with van der Waals surface area (Å²) in [6, 6.07) is 13.0. The normalized spacial score (nSPS) is 10.7. The van der Waals surface area contributed by atoms with Crippen molar-refractivity contribution in [1.29, 1.82) is 0 Å². The molecule has 23 heavy (non-hydrogen) atoms. The van der Waals surface area contributed by atoms with Gasteiger partial charge >= 0.3 is 0 Å². The van der Waals surface area contributed by atoms with Gasteiger partial charge in [0.05, 0.1) is 28.5 Å². The lowest BCUT2D eigenvalue weighted by Gasteiger charge is -2.10. The lowest BCUT2D eigenvalue weighted by molar-refractivity contribution is 0.282. The van der Waals surface area contributed by atoms with E-state index in [1.54, 1.807) is 35.3 Å². The van der Waals surface area contributed by atoms with E-state index in [2.05, 4.69) is 5.10 Å². The van der Waals surface area contributed by atoms with Gasteiger partial charge in [0.2, 0.25) is 0 Å². The van der Waals surface area contributed by atoms with Crippen molar-refractivity contribution in [2.24, 2.45) is 0 Å². The molecule has 0 radical (unpaired) electrons. The minimum Gasteiger partial charge on any atom is -0.486 e. The molecule has 0 saturated heterocycles. The second-order valence-electron chi connectivity index (χ2n) is 4.96. The van der Waals surface area contributed by atoms with E-state index in [-0.39, 0.29) is 6.61 Å². The van der Waals surface area contributed by atoms with Crippen LogP contribution in [0.25, 0.3) is 5.69 Å². The number of para-hydroxylation sites is 1. The van der Waals surface area contributed by atoms with Crippen molar-refractivity contribution in [3.63, 3.8) is 0 Å². The van der Waals surface area contributed by atoms with E-state index in [0.29, 0.717) is 22.4 Å². The Morgan fingerprint density at radius 2 is 1.70 bits per heavy atom. The van der Waals surface area contributed by atoms with Gasteiger partial charge in [-0.2, -0.15) is 5.10 Å². The molecule has 0 unspecified atom stereocenters. The number of aliphatic hydroxyl groups excluding tert-OH is 1. The van der Waals surface area contributed by atoms with E-state index in [9.17, 15) is 0 Å². The van der Waals surface area contributed by atoms with Gasteiger partial charge in [0.25, 0.3) is 0 Å². The molecule has 0 spiro atoms. The van der Waals surface area contributed by atoms with Crippen molar-refractivity contribution >= 4 is 23.2 Å². The zero-order valence-corrected chi connectivity index (χ0v) is 13.6. The molecule has 3 aromatic rings. The third-order valence-corrected chi connectivity index (χ3v) is 3.92. The molecule has 3 rings (SSSR count). The Morgan fingerprint density at radius 3 is 2.30 bits per heavy atom. The average Bonchev–Trinajstić information content (AvgIpc) is 3.04. The maximum Gasteiger partial charge on any atom is 0.156 e. The highest BCUT2D eigenvalue weighted by Crippen LogP contribution is 2.32. The summed E-state index contributed by atoms with van der Waals surface area (Å²) in [5.41, 5.74) is 2.66. The van der Waals surface area contributed by atoms with Gasteiger partial charge in [-0.15, -0.1) is 0 Å². The van der Waals surface area contributed by atoms with Crippen molar-refractivity contribution < 1.29 is 9.84 Å². The lowest BCUT2D eigenvalue weighted by Crippen LogP contribution is -1.98. The summed E-state index contributed by atoms with van der Waals surface area (Å²) < 4.78 is 7.41. The number of ether oxygens (including phenoxy) is 1. The molecule has 118 valence electrons. The van der Waals surface area contributed by atoms with E-state index in [0.717, 1.165) is 16.8 Å². The molecular weight excluding hydrogens is 335 g/mol. The quantitative estimate of drug-likeness (QED) is 0.749. The molecule has 0 aliphatic heterocycles. The third-order valence-electron chi connectivity index (χ3n) is 3.32. The number of rotatable bonds is 5. The van der Waals surface area contributed by atoms with Crippen LogP contribution in [0.5, 0.6) is 5.75 Å². The Labute approximate surface area is 143 Å². The summed E-state index contributed by atoms with van der Waals surface area (Å²) in [5, 5.41) is 14.2. The molecule has 1 heterocycles. The van der Waals surface area contributed by atoms with Crippen molar-refractivity contribution in [1.82, 2.24) is 9.78 Å². The van der Waals surface area contributed by atoms with Gasteiger partial charge in [-0.05, 0) is 29.8 Å². The monoisotopic (exact) mass is 348 g/mol. The minimum absolute atomic E-state index is 0.0233. The van der Waals surface area contributed by atoms with E-state index in [4.69, 9.17) is 33.0 Å². The lowest BCUT2D eigenvalue weighted by atomic mass is 10.2. The van der Waals surface area contributed by atoms with Gasteiger partial charge in [0.15, 0.2) is 5.75 Å². The molecule has 0 fully saturated rings. The van der Waals surface area contributed by atoms with Crippen LogP contribution in [0.3, 0.4) is 0 Å². The van der Waals surface area contributed by atoms with Crippen LogP contribution < -0.4 is 4.74 Å². The largest absolute Gasteiger partial charge is 0.486 e. The van der Waals surface area contributed by atoms with Crippen LogP contribution in [0, 0.1) is 0 Å². The highest BCUT2D eigenvalue weighted by Gasteiger charge is 2.07. The number of benzene rings is 2. The molecule has 0 amide bonds. The van der Waals surface area contributed by atoms with Gasteiger partial charge in [0.1, 0.15) is 6.61 Å². The number of aromatic nitrogens is 2. The van der Waals surface area contributed by atoms with Crippen molar-refractivity contribution in [3.8, 4) is 11.4 Å². The van der Waals surface area contributed by atoms with E-state index in [1.165, 1.54) is 0 Å². The molecule has 1 N–H and O–H groups in total. The first-order valence-electron chi connectivity index (χ1n) is 6.98. The summed E-state index contributed by atoms with van der Waals surface area (Å²) in [7, 11) is 0. The Morgan fingerprint density at radius 1 is 1.00 bits per heavy atom. The van der Waals surface area contributed by atoms with Crippen molar-refractivity contribution in [2.45, 2.75) is 13.2 Å².